The number of halogens is 3. The van der Waals surface area contributed by atoms with Crippen molar-refractivity contribution in [1.29, 1.82) is 0 Å². The molecular formula is C26H18F3NO6. The molecule has 4 aromatic rings. The first-order valence-corrected chi connectivity index (χ1v) is 10.3. The summed E-state index contributed by atoms with van der Waals surface area (Å²) in [7, 11) is 1.34. The standard InChI is InChI=1S/C26H18F3NO6/c1-4-20(31)34-15-8-6-14(7-9-15)16-10-11-17-18-12-13-19(35-21(32)5-2)25(33-3)23(18)30-22(17)24(16)36-26(27,28)29/h4-13,30H,1-2H2,3H3. The quantitative estimate of drug-likeness (QED) is 0.189. The number of aromatic amines is 1. The first-order valence-electron chi connectivity index (χ1n) is 10.3. The van der Waals surface area contributed by atoms with Crippen LogP contribution >= 0.6 is 0 Å². The normalized spacial score (nSPS) is 11.2. The Morgan fingerprint density at radius 1 is 0.833 bits per heavy atom. The average Bonchev–Trinajstić information content (AvgIpc) is 3.23. The molecule has 0 atom stereocenters. The molecule has 4 rings (SSSR count). The fourth-order valence-electron chi connectivity index (χ4n) is 3.71. The number of methoxy groups -OCH3 is 1. The number of rotatable bonds is 7. The highest BCUT2D eigenvalue weighted by Gasteiger charge is 2.34. The molecule has 184 valence electrons. The Balaban J connectivity index is 1.91. The number of fused-ring (bicyclic) bond motifs is 3. The van der Waals surface area contributed by atoms with Crippen LogP contribution in [-0.4, -0.2) is 30.4 Å². The van der Waals surface area contributed by atoms with Gasteiger partial charge in [0, 0.05) is 28.5 Å². The molecule has 36 heavy (non-hydrogen) atoms. The van der Waals surface area contributed by atoms with E-state index in [2.05, 4.69) is 22.9 Å². The van der Waals surface area contributed by atoms with Crippen LogP contribution in [0.4, 0.5) is 13.2 Å². The number of hydrogen-bond donors (Lipinski definition) is 1. The third kappa shape index (κ3) is 4.74. The van der Waals surface area contributed by atoms with Crippen LogP contribution in [0.1, 0.15) is 0 Å². The lowest BCUT2D eigenvalue weighted by atomic mass is 10.0. The van der Waals surface area contributed by atoms with Crippen LogP contribution in [0.2, 0.25) is 0 Å². The summed E-state index contributed by atoms with van der Waals surface area (Å²) in [6, 6.07) is 12.0. The van der Waals surface area contributed by atoms with Gasteiger partial charge in [-0.05, 0) is 35.9 Å². The van der Waals surface area contributed by atoms with Gasteiger partial charge < -0.3 is 23.9 Å². The van der Waals surface area contributed by atoms with Crippen molar-refractivity contribution in [3.8, 4) is 34.1 Å². The fraction of sp³-hybridized carbons (Fsp3) is 0.0769. The van der Waals surface area contributed by atoms with Crippen molar-refractivity contribution in [2.24, 2.45) is 0 Å². The smallest absolute Gasteiger partial charge is 0.491 e. The lowest BCUT2D eigenvalue weighted by molar-refractivity contribution is -0.273. The summed E-state index contributed by atoms with van der Waals surface area (Å²) >= 11 is 0. The van der Waals surface area contributed by atoms with Gasteiger partial charge >= 0.3 is 18.3 Å². The molecular weight excluding hydrogens is 479 g/mol. The van der Waals surface area contributed by atoms with Crippen molar-refractivity contribution in [3.05, 3.63) is 73.8 Å². The summed E-state index contributed by atoms with van der Waals surface area (Å²) in [5.41, 5.74) is 0.858. The van der Waals surface area contributed by atoms with Crippen molar-refractivity contribution in [1.82, 2.24) is 4.98 Å². The van der Waals surface area contributed by atoms with Gasteiger partial charge in [-0.1, -0.05) is 31.4 Å². The number of benzene rings is 3. The number of esters is 2. The predicted octanol–water partition coefficient (Wildman–Crippen LogP) is 6.08. The SMILES string of the molecule is C=CC(=O)Oc1ccc(-c2ccc3c([nH]c4c(OC)c(OC(=O)C=C)ccc43)c2OC(F)(F)F)cc1. The number of hydrogen-bond acceptors (Lipinski definition) is 6. The zero-order valence-electron chi connectivity index (χ0n) is 18.8. The molecule has 0 aliphatic heterocycles. The Morgan fingerprint density at radius 2 is 1.42 bits per heavy atom. The first kappa shape index (κ1) is 24.4. The highest BCUT2D eigenvalue weighted by Crippen LogP contribution is 2.45. The summed E-state index contributed by atoms with van der Waals surface area (Å²) in [6.45, 7) is 6.65. The minimum absolute atomic E-state index is 0.0486. The highest BCUT2D eigenvalue weighted by molar-refractivity contribution is 6.13. The summed E-state index contributed by atoms with van der Waals surface area (Å²) in [5, 5.41) is 0.940. The Bertz CT molecular complexity index is 1500. The van der Waals surface area contributed by atoms with Gasteiger partial charge in [-0.15, -0.1) is 13.2 Å². The molecule has 0 fully saturated rings. The van der Waals surface area contributed by atoms with Gasteiger partial charge in [-0.25, -0.2) is 9.59 Å². The van der Waals surface area contributed by atoms with Crippen molar-refractivity contribution in [2.45, 2.75) is 6.36 Å². The molecule has 7 nitrogen and oxygen atoms in total. The van der Waals surface area contributed by atoms with Crippen LogP contribution in [0, 0.1) is 0 Å². The maximum absolute atomic E-state index is 13.5. The third-order valence-corrected chi connectivity index (χ3v) is 5.17. The van der Waals surface area contributed by atoms with E-state index in [1.165, 1.54) is 43.5 Å². The molecule has 0 unspecified atom stereocenters. The van der Waals surface area contributed by atoms with Gasteiger partial charge in [0.1, 0.15) is 5.75 Å². The fourth-order valence-corrected chi connectivity index (χ4v) is 3.71. The lowest BCUT2D eigenvalue weighted by Crippen LogP contribution is -2.18. The first-order chi connectivity index (χ1) is 17.1. The second kappa shape index (κ2) is 9.49. The Kier molecular flexibility index (Phi) is 6.43. The average molecular weight is 497 g/mol. The van der Waals surface area contributed by atoms with E-state index in [9.17, 15) is 22.8 Å². The highest BCUT2D eigenvalue weighted by atomic mass is 19.4. The Morgan fingerprint density at radius 3 is 2.00 bits per heavy atom. The predicted molar refractivity (Wildman–Crippen MR) is 126 cm³/mol. The molecule has 1 N–H and O–H groups in total. The van der Waals surface area contributed by atoms with Crippen molar-refractivity contribution in [3.63, 3.8) is 0 Å². The van der Waals surface area contributed by atoms with Gasteiger partial charge in [0.25, 0.3) is 0 Å². The molecule has 0 saturated heterocycles. The van der Waals surface area contributed by atoms with Gasteiger partial charge in [-0.2, -0.15) is 0 Å². The summed E-state index contributed by atoms with van der Waals surface area (Å²) in [4.78, 5) is 26.0. The van der Waals surface area contributed by atoms with E-state index in [1.807, 2.05) is 0 Å². The number of carbonyl (C=O) groups is 2. The van der Waals surface area contributed by atoms with Crippen LogP contribution in [0.5, 0.6) is 23.0 Å². The monoisotopic (exact) mass is 497 g/mol. The number of carbonyl (C=O) groups excluding carboxylic acids is 2. The number of nitrogens with one attached hydrogen (secondary N) is 1. The minimum Gasteiger partial charge on any atom is -0.491 e. The molecule has 0 radical (unpaired) electrons. The van der Waals surface area contributed by atoms with E-state index >= 15 is 0 Å². The molecule has 3 aromatic carbocycles. The van der Waals surface area contributed by atoms with Crippen LogP contribution < -0.4 is 18.9 Å². The topological polar surface area (TPSA) is 86.9 Å². The number of ether oxygens (including phenoxy) is 4. The maximum Gasteiger partial charge on any atom is 0.573 e. The molecule has 0 aliphatic carbocycles. The van der Waals surface area contributed by atoms with Crippen molar-refractivity contribution in [2.75, 3.05) is 7.11 Å². The van der Waals surface area contributed by atoms with Crippen molar-refractivity contribution < 1.29 is 41.7 Å². The van der Waals surface area contributed by atoms with Gasteiger partial charge in [0.2, 0.25) is 0 Å². The second-order valence-corrected chi connectivity index (χ2v) is 7.33. The Labute approximate surface area is 202 Å². The zero-order chi connectivity index (χ0) is 26.0. The van der Waals surface area contributed by atoms with Gasteiger partial charge in [0.05, 0.1) is 18.1 Å². The molecule has 0 saturated carbocycles. The molecule has 0 amide bonds. The van der Waals surface area contributed by atoms with E-state index in [0.717, 1.165) is 12.2 Å². The largest absolute Gasteiger partial charge is 0.573 e. The molecule has 10 heteroatoms. The summed E-state index contributed by atoms with van der Waals surface area (Å²) in [6.07, 6.45) is -3.03. The van der Waals surface area contributed by atoms with Crippen molar-refractivity contribution >= 4 is 33.7 Å². The lowest BCUT2D eigenvalue weighted by Gasteiger charge is -2.15. The molecule has 0 aliphatic rings. The summed E-state index contributed by atoms with van der Waals surface area (Å²) < 4.78 is 60.4. The van der Waals surface area contributed by atoms with Gasteiger partial charge in [0.15, 0.2) is 17.2 Å². The Hall–Kier alpha value is -4.73. The molecule has 0 bridgehead atoms. The zero-order valence-corrected chi connectivity index (χ0v) is 18.8. The number of aromatic nitrogens is 1. The van der Waals surface area contributed by atoms with E-state index in [1.54, 1.807) is 12.1 Å². The number of H-pyrrole nitrogens is 1. The van der Waals surface area contributed by atoms with E-state index in [4.69, 9.17) is 14.2 Å². The molecule has 0 spiro atoms. The maximum atomic E-state index is 13.5. The van der Waals surface area contributed by atoms with Crippen LogP contribution in [-0.2, 0) is 9.59 Å². The number of alkyl halides is 3. The van der Waals surface area contributed by atoms with E-state index in [0.29, 0.717) is 21.9 Å². The van der Waals surface area contributed by atoms with Crippen LogP contribution in [0.25, 0.3) is 32.9 Å². The minimum atomic E-state index is -4.99. The molecule has 1 heterocycles. The molecule has 1 aromatic heterocycles. The van der Waals surface area contributed by atoms with E-state index in [-0.39, 0.29) is 28.3 Å². The van der Waals surface area contributed by atoms with Gasteiger partial charge in [-0.3, -0.25) is 0 Å². The van der Waals surface area contributed by atoms with E-state index < -0.39 is 24.1 Å². The van der Waals surface area contributed by atoms with Crippen LogP contribution in [0.3, 0.4) is 0 Å². The summed E-state index contributed by atoms with van der Waals surface area (Å²) in [5.74, 6) is -1.50. The second-order valence-electron chi connectivity index (χ2n) is 7.33. The van der Waals surface area contributed by atoms with Crippen LogP contribution in [0.15, 0.2) is 73.8 Å². The third-order valence-electron chi connectivity index (χ3n) is 5.17.